The van der Waals surface area contributed by atoms with Crippen molar-refractivity contribution in [3.63, 3.8) is 0 Å². The van der Waals surface area contributed by atoms with Crippen LogP contribution in [-0.4, -0.2) is 20.8 Å². The lowest BCUT2D eigenvalue weighted by molar-refractivity contribution is 0.589. The fraction of sp³-hybridized carbons (Fsp3) is 0. The lowest BCUT2D eigenvalue weighted by atomic mass is 10.2. The summed E-state index contributed by atoms with van der Waals surface area (Å²) in [6.07, 6.45) is 1.04. The number of benzene rings is 2. The highest BCUT2D eigenvalue weighted by Gasteiger charge is 2.25. The molecule has 0 atom stereocenters. The molecule has 0 fully saturated rings. The number of para-hydroxylation sites is 1. The molecule has 0 aliphatic carbocycles. The summed E-state index contributed by atoms with van der Waals surface area (Å²) in [4.78, 5) is -0.168. The zero-order chi connectivity index (χ0) is 16.0. The van der Waals surface area contributed by atoms with Crippen LogP contribution >= 0.6 is 10.7 Å². The fourth-order valence-electron chi connectivity index (χ4n) is 2.22. The molecule has 0 N–H and O–H groups in total. The van der Waals surface area contributed by atoms with Crippen LogP contribution in [0.25, 0.3) is 10.9 Å². The molecular formula is C14H10ClNO4S2. The van der Waals surface area contributed by atoms with Gasteiger partial charge in [0, 0.05) is 22.3 Å². The average molecular weight is 356 g/mol. The van der Waals surface area contributed by atoms with E-state index in [2.05, 4.69) is 0 Å². The van der Waals surface area contributed by atoms with Gasteiger partial charge in [0.05, 0.1) is 10.4 Å². The van der Waals surface area contributed by atoms with E-state index in [4.69, 9.17) is 10.7 Å². The van der Waals surface area contributed by atoms with Gasteiger partial charge in [-0.25, -0.2) is 20.8 Å². The van der Waals surface area contributed by atoms with Crippen molar-refractivity contribution in [2.45, 2.75) is 9.79 Å². The normalized spacial score (nSPS) is 12.6. The smallest absolute Gasteiger partial charge is 0.240 e. The van der Waals surface area contributed by atoms with Gasteiger partial charge in [0.1, 0.15) is 4.90 Å². The second kappa shape index (κ2) is 5.12. The van der Waals surface area contributed by atoms with Crippen molar-refractivity contribution in [3.8, 4) is 0 Å². The summed E-state index contributed by atoms with van der Waals surface area (Å²) in [5.74, 6) is 0. The minimum Gasteiger partial charge on any atom is -0.240 e. The lowest BCUT2D eigenvalue weighted by Crippen LogP contribution is -2.11. The summed E-state index contributed by atoms with van der Waals surface area (Å²) in [5.41, 5.74) is 0.255. The van der Waals surface area contributed by atoms with E-state index >= 15 is 0 Å². The number of aromatic nitrogens is 1. The van der Waals surface area contributed by atoms with Gasteiger partial charge in [-0.05, 0) is 18.2 Å². The number of fused-ring (bicyclic) bond motifs is 1. The summed E-state index contributed by atoms with van der Waals surface area (Å²) in [7, 11) is -2.56. The van der Waals surface area contributed by atoms with Crippen LogP contribution < -0.4 is 0 Å². The summed E-state index contributed by atoms with van der Waals surface area (Å²) < 4.78 is 49.7. The molecule has 0 aliphatic rings. The number of rotatable bonds is 3. The van der Waals surface area contributed by atoms with Gasteiger partial charge in [-0.15, -0.1) is 0 Å². The number of hydrogen-bond donors (Lipinski definition) is 0. The maximum atomic E-state index is 12.7. The molecule has 0 unspecified atom stereocenters. The topological polar surface area (TPSA) is 73.2 Å². The van der Waals surface area contributed by atoms with Gasteiger partial charge in [0.15, 0.2) is 0 Å². The largest absolute Gasteiger partial charge is 0.268 e. The zero-order valence-corrected chi connectivity index (χ0v) is 13.4. The standard InChI is InChI=1S/C14H10ClNO4S2/c15-21(17,18)14-10-16(13-9-5-4-8-12(13)14)22(19,20)11-6-2-1-3-7-11/h1-10H. The van der Waals surface area contributed by atoms with Crippen molar-refractivity contribution in [1.82, 2.24) is 3.97 Å². The van der Waals surface area contributed by atoms with E-state index < -0.39 is 19.1 Å². The molecule has 0 saturated heterocycles. The van der Waals surface area contributed by atoms with Gasteiger partial charge >= 0.3 is 0 Å². The van der Waals surface area contributed by atoms with Gasteiger partial charge in [0.25, 0.3) is 19.1 Å². The molecule has 5 nitrogen and oxygen atoms in total. The van der Waals surface area contributed by atoms with Crippen LogP contribution in [0.15, 0.2) is 70.6 Å². The Kier molecular flexibility index (Phi) is 3.51. The highest BCUT2D eigenvalue weighted by Crippen LogP contribution is 2.30. The van der Waals surface area contributed by atoms with Gasteiger partial charge in [0.2, 0.25) is 0 Å². The average Bonchev–Trinajstić information content (AvgIpc) is 2.88. The van der Waals surface area contributed by atoms with E-state index in [0.717, 1.165) is 10.2 Å². The molecule has 0 bridgehead atoms. The SMILES string of the molecule is O=S(=O)(Cl)c1cn(S(=O)(=O)c2ccccc2)c2ccccc12. The Balaban J connectivity index is 2.38. The Morgan fingerprint density at radius 1 is 0.818 bits per heavy atom. The summed E-state index contributed by atoms with van der Waals surface area (Å²) in [6, 6.07) is 14.1. The van der Waals surface area contributed by atoms with E-state index in [0.29, 0.717) is 0 Å². The Bertz CT molecular complexity index is 1050. The highest BCUT2D eigenvalue weighted by molar-refractivity contribution is 8.14. The Labute approximate surface area is 132 Å². The minimum absolute atomic E-state index is 0.0641. The maximum Gasteiger partial charge on any atom is 0.268 e. The van der Waals surface area contributed by atoms with Crippen molar-refractivity contribution in [2.75, 3.05) is 0 Å². The van der Waals surface area contributed by atoms with Crippen LogP contribution in [0.1, 0.15) is 0 Å². The Morgan fingerprint density at radius 3 is 2.05 bits per heavy atom. The van der Waals surface area contributed by atoms with Crippen LogP contribution in [-0.2, 0) is 19.1 Å². The van der Waals surface area contributed by atoms with Crippen LogP contribution in [0, 0.1) is 0 Å². The molecule has 0 saturated carbocycles. The van der Waals surface area contributed by atoms with Crippen LogP contribution in [0.4, 0.5) is 0 Å². The molecule has 8 heteroatoms. The molecule has 22 heavy (non-hydrogen) atoms. The predicted molar refractivity (Wildman–Crippen MR) is 84.0 cm³/mol. The molecule has 114 valence electrons. The van der Waals surface area contributed by atoms with Gasteiger partial charge in [-0.1, -0.05) is 36.4 Å². The second-order valence-electron chi connectivity index (χ2n) is 4.56. The van der Waals surface area contributed by atoms with Gasteiger partial charge < -0.3 is 0 Å². The van der Waals surface area contributed by atoms with E-state index in [1.165, 1.54) is 24.3 Å². The molecule has 3 rings (SSSR count). The molecule has 0 aliphatic heterocycles. The number of nitrogens with zero attached hydrogens (tertiary/aromatic N) is 1. The van der Waals surface area contributed by atoms with Crippen molar-refractivity contribution >= 4 is 40.7 Å². The second-order valence-corrected chi connectivity index (χ2v) is 8.91. The van der Waals surface area contributed by atoms with Crippen molar-refractivity contribution in [3.05, 3.63) is 60.8 Å². The molecule has 0 spiro atoms. The lowest BCUT2D eigenvalue weighted by Gasteiger charge is -2.06. The van der Waals surface area contributed by atoms with Crippen LogP contribution in [0.3, 0.4) is 0 Å². The first kappa shape index (κ1) is 15.1. The van der Waals surface area contributed by atoms with Crippen molar-refractivity contribution in [2.24, 2.45) is 0 Å². The first-order chi connectivity index (χ1) is 10.3. The molecule has 0 radical (unpaired) electrons. The third-order valence-electron chi connectivity index (χ3n) is 3.20. The Hall–Kier alpha value is -1.83. The maximum absolute atomic E-state index is 12.7. The van der Waals surface area contributed by atoms with Crippen LogP contribution in [0.2, 0.25) is 0 Å². The van der Waals surface area contributed by atoms with E-state index in [1.54, 1.807) is 30.3 Å². The van der Waals surface area contributed by atoms with Crippen molar-refractivity contribution in [1.29, 1.82) is 0 Å². The predicted octanol–water partition coefficient (Wildman–Crippen LogP) is 2.81. The van der Waals surface area contributed by atoms with Gasteiger partial charge in [-0.2, -0.15) is 0 Å². The molecule has 3 aromatic rings. The third kappa shape index (κ3) is 2.41. The van der Waals surface area contributed by atoms with Crippen molar-refractivity contribution < 1.29 is 16.8 Å². The third-order valence-corrected chi connectivity index (χ3v) is 6.24. The molecule has 1 aromatic heterocycles. The molecule has 2 aromatic carbocycles. The molecule has 1 heterocycles. The molecular weight excluding hydrogens is 346 g/mol. The highest BCUT2D eigenvalue weighted by atomic mass is 35.7. The summed E-state index contributed by atoms with van der Waals surface area (Å²) in [6.45, 7) is 0. The van der Waals surface area contributed by atoms with E-state index in [9.17, 15) is 16.8 Å². The first-order valence-corrected chi connectivity index (χ1v) is 9.92. The van der Waals surface area contributed by atoms with Crippen LogP contribution in [0.5, 0.6) is 0 Å². The summed E-state index contributed by atoms with van der Waals surface area (Å²) in [5, 5.41) is 0.261. The zero-order valence-electron chi connectivity index (χ0n) is 11.0. The Morgan fingerprint density at radius 2 is 1.41 bits per heavy atom. The fourth-order valence-corrected chi connectivity index (χ4v) is 4.71. The first-order valence-electron chi connectivity index (χ1n) is 6.17. The van der Waals surface area contributed by atoms with E-state index in [-0.39, 0.29) is 20.7 Å². The monoisotopic (exact) mass is 355 g/mol. The molecule has 0 amide bonds. The quantitative estimate of drug-likeness (QED) is 0.677. The number of hydrogen-bond acceptors (Lipinski definition) is 4. The van der Waals surface area contributed by atoms with Gasteiger partial charge in [-0.3, -0.25) is 0 Å². The summed E-state index contributed by atoms with van der Waals surface area (Å²) >= 11 is 0. The number of halogens is 1. The van der Waals surface area contributed by atoms with E-state index in [1.807, 2.05) is 0 Å². The minimum atomic E-state index is -4.06.